The molecule has 0 spiro atoms. The molecule has 0 aromatic rings. The standard InChI is InChI=1S/C30H53N5O12.C9H15N3O4.C4H10/c1-4-6-7-20(27(42)34-30(29(43)44)10-12-31-13-11-30)33-22(37)18-35(5-2)23(38)9-8-21(36)32-14-15-45-16-17-46-28-26(41)25(40)24(39)19(3)47-28;13-6-11-5-7(14)12-9(8(15)16)1-3-10-4-2-9;1-3-4-2/h19-20,24-26,28,31,39-41H,4-18H2,1-3H3,(H,32,36)(H,33,37)(H,34,42)(H,43,44);6,10H,1-5H2,(H,11,13)(H,12,14)(H,15,16);3-4H2,1-2H3/t19?,20?,24-,25?,26?,28+;;/m0../s1. The van der Waals surface area contributed by atoms with Crippen LogP contribution < -0.4 is 37.2 Å². The van der Waals surface area contributed by atoms with E-state index < -0.39 is 83.4 Å². The van der Waals surface area contributed by atoms with Crippen LogP contribution in [0.1, 0.15) is 105 Å². The highest BCUT2D eigenvalue weighted by atomic mass is 16.7. The van der Waals surface area contributed by atoms with Gasteiger partial charge in [0.25, 0.3) is 0 Å². The summed E-state index contributed by atoms with van der Waals surface area (Å²) in [5.41, 5.74) is -2.61. The Bertz CT molecular complexity index is 1530. The first-order chi connectivity index (χ1) is 31.9. The van der Waals surface area contributed by atoms with Crippen molar-refractivity contribution in [1.29, 1.82) is 0 Å². The maximum absolute atomic E-state index is 13.1. The van der Waals surface area contributed by atoms with Gasteiger partial charge < -0.3 is 81.9 Å². The number of aliphatic hydroxyl groups excluding tert-OH is 3. The fourth-order valence-corrected chi connectivity index (χ4v) is 6.93. The lowest BCUT2D eigenvalue weighted by atomic mass is 9.88. The molecular weight excluding hydrogens is 885 g/mol. The molecule has 12 N–H and O–H groups in total. The number of ether oxygens (including phenoxy) is 3. The molecule has 3 rings (SSSR count). The highest BCUT2D eigenvalue weighted by molar-refractivity contribution is 5.93. The van der Waals surface area contributed by atoms with Gasteiger partial charge in [0.2, 0.25) is 35.9 Å². The van der Waals surface area contributed by atoms with Crippen molar-refractivity contribution in [2.45, 2.75) is 153 Å². The number of aliphatic carboxylic acids is 2. The average molecular weight is 963 g/mol. The number of nitrogens with one attached hydrogen (secondary N) is 7. The zero-order chi connectivity index (χ0) is 50.4. The van der Waals surface area contributed by atoms with Crippen LogP contribution in [0.4, 0.5) is 0 Å². The molecule has 3 fully saturated rings. The molecule has 67 heavy (non-hydrogen) atoms. The van der Waals surface area contributed by atoms with Gasteiger partial charge in [0.1, 0.15) is 35.4 Å². The van der Waals surface area contributed by atoms with E-state index in [1.54, 1.807) is 13.8 Å². The molecule has 24 nitrogen and oxygen atoms in total. The summed E-state index contributed by atoms with van der Waals surface area (Å²) in [6, 6.07) is -0.959. The van der Waals surface area contributed by atoms with Crippen molar-refractivity contribution in [3.8, 4) is 0 Å². The van der Waals surface area contributed by atoms with E-state index in [1.807, 2.05) is 6.92 Å². The largest absolute Gasteiger partial charge is 0.480 e. The van der Waals surface area contributed by atoms with Crippen LogP contribution in [0.15, 0.2) is 0 Å². The minimum atomic E-state index is -1.41. The number of unbranched alkanes of at least 4 members (excludes halogenated alkanes) is 2. The number of likely N-dealkylation sites (N-methyl/N-ethyl adjacent to an activating group) is 1. The molecule has 4 unspecified atom stereocenters. The van der Waals surface area contributed by atoms with E-state index in [0.717, 1.165) is 6.42 Å². The van der Waals surface area contributed by atoms with Gasteiger partial charge in [-0.2, -0.15) is 0 Å². The van der Waals surface area contributed by atoms with Gasteiger partial charge in [-0.15, -0.1) is 0 Å². The summed E-state index contributed by atoms with van der Waals surface area (Å²) in [4.78, 5) is 96.8. The SMILES string of the molecule is CCCC.CCCCC(NC(=O)CN(CC)C(=O)CCC(=O)NCCOCCO[C@@H]1OC(C)[C@H](O)C(O)C1O)C(=O)NC1(C(=O)O)CCNCC1.O=CNCC(=O)NC1(C(=O)O)CCNCC1. The number of carboxylic acids is 2. The van der Waals surface area contributed by atoms with Crippen LogP contribution in [0.25, 0.3) is 0 Å². The second-order valence-electron chi connectivity index (χ2n) is 16.5. The van der Waals surface area contributed by atoms with Crippen LogP contribution in [-0.4, -0.2) is 198 Å². The molecule has 0 bridgehead atoms. The predicted molar refractivity (Wildman–Crippen MR) is 241 cm³/mol. The minimum absolute atomic E-state index is 0.0327. The number of amides is 6. The molecule has 3 heterocycles. The van der Waals surface area contributed by atoms with Gasteiger partial charge in [-0.05, 0) is 72.1 Å². The van der Waals surface area contributed by atoms with E-state index >= 15 is 0 Å². The molecule has 0 saturated carbocycles. The predicted octanol–water partition coefficient (Wildman–Crippen LogP) is -2.55. The summed E-state index contributed by atoms with van der Waals surface area (Å²) < 4.78 is 16.1. The van der Waals surface area contributed by atoms with Gasteiger partial charge in [-0.3, -0.25) is 28.8 Å². The number of carboxylic acid groups (broad SMARTS) is 2. The Kier molecular flexibility index (Phi) is 29.8. The van der Waals surface area contributed by atoms with Crippen molar-refractivity contribution < 1.29 is 78.1 Å². The molecule has 0 aromatic carbocycles. The molecule has 0 radical (unpaired) electrons. The summed E-state index contributed by atoms with van der Waals surface area (Å²) in [6.45, 7) is 11.6. The topological polar surface area (TPSA) is 353 Å². The third-order valence-corrected chi connectivity index (χ3v) is 11.3. The number of piperidine rings is 2. The Hall–Kier alpha value is -4.56. The van der Waals surface area contributed by atoms with Crippen LogP contribution >= 0.6 is 0 Å². The Morgan fingerprint density at radius 3 is 1.87 bits per heavy atom. The number of carbonyl (C=O) groups excluding carboxylic acids is 6. The molecule has 3 saturated heterocycles. The monoisotopic (exact) mass is 963 g/mol. The second-order valence-corrected chi connectivity index (χ2v) is 16.5. The molecule has 6 amide bonds. The maximum atomic E-state index is 13.1. The molecule has 3 aliphatic heterocycles. The molecule has 24 heteroatoms. The lowest BCUT2D eigenvalue weighted by Crippen LogP contribution is -2.63. The summed E-state index contributed by atoms with van der Waals surface area (Å²) in [7, 11) is 0. The lowest BCUT2D eigenvalue weighted by molar-refractivity contribution is -0.294. The third-order valence-electron chi connectivity index (χ3n) is 11.3. The Balaban J connectivity index is 0.000000925. The van der Waals surface area contributed by atoms with E-state index in [-0.39, 0.29) is 77.6 Å². The summed E-state index contributed by atoms with van der Waals surface area (Å²) in [6.07, 6.45) is -0.262. The molecular formula is C43H78N8O16. The fraction of sp³-hybridized carbons (Fsp3) is 0.814. The van der Waals surface area contributed by atoms with Crippen molar-refractivity contribution in [2.24, 2.45) is 0 Å². The first-order valence-corrected chi connectivity index (χ1v) is 23.3. The number of hydrogen-bond donors (Lipinski definition) is 12. The van der Waals surface area contributed by atoms with Gasteiger partial charge in [-0.1, -0.05) is 46.5 Å². The lowest BCUT2D eigenvalue weighted by Gasteiger charge is -2.38. The molecule has 0 aliphatic carbocycles. The van der Waals surface area contributed by atoms with Gasteiger partial charge in [-0.25, -0.2) is 9.59 Å². The maximum Gasteiger partial charge on any atom is 0.329 e. The van der Waals surface area contributed by atoms with Crippen molar-refractivity contribution in [3.05, 3.63) is 0 Å². The van der Waals surface area contributed by atoms with Gasteiger partial charge in [0, 0.05) is 25.9 Å². The molecule has 386 valence electrons. The second kappa shape index (κ2) is 33.0. The molecule has 3 aliphatic rings. The van der Waals surface area contributed by atoms with Gasteiger partial charge >= 0.3 is 11.9 Å². The van der Waals surface area contributed by atoms with Crippen LogP contribution in [0.3, 0.4) is 0 Å². The Morgan fingerprint density at radius 1 is 0.761 bits per heavy atom. The van der Waals surface area contributed by atoms with Crippen LogP contribution in [0.2, 0.25) is 0 Å². The van der Waals surface area contributed by atoms with Gasteiger partial charge in [0.05, 0.1) is 39.0 Å². The zero-order valence-corrected chi connectivity index (χ0v) is 39.8. The average Bonchev–Trinajstić information content (AvgIpc) is 3.31. The number of carbonyl (C=O) groups is 8. The van der Waals surface area contributed by atoms with E-state index in [1.165, 1.54) is 17.7 Å². The highest BCUT2D eigenvalue weighted by Crippen LogP contribution is 2.22. The minimum Gasteiger partial charge on any atom is -0.480 e. The third kappa shape index (κ3) is 22.0. The number of nitrogens with zero attached hydrogens (tertiary/aromatic N) is 1. The summed E-state index contributed by atoms with van der Waals surface area (Å²) >= 11 is 0. The number of rotatable bonds is 26. The fourth-order valence-electron chi connectivity index (χ4n) is 6.93. The van der Waals surface area contributed by atoms with E-state index in [4.69, 9.17) is 19.3 Å². The normalized spacial score (nSPS) is 22.1. The number of hydrogen-bond acceptors (Lipinski definition) is 16. The molecule has 6 atom stereocenters. The zero-order valence-electron chi connectivity index (χ0n) is 39.8. The number of aliphatic hydroxyl groups is 3. The Morgan fingerprint density at radius 2 is 1.34 bits per heavy atom. The van der Waals surface area contributed by atoms with E-state index in [9.17, 15) is 58.8 Å². The summed E-state index contributed by atoms with van der Waals surface area (Å²) in [5.74, 6) is -4.59. The van der Waals surface area contributed by atoms with E-state index in [2.05, 4.69) is 51.1 Å². The Labute approximate surface area is 392 Å². The van der Waals surface area contributed by atoms with Crippen LogP contribution in [0.5, 0.6) is 0 Å². The van der Waals surface area contributed by atoms with Crippen LogP contribution in [-0.2, 0) is 52.6 Å². The van der Waals surface area contributed by atoms with E-state index in [0.29, 0.717) is 58.3 Å². The van der Waals surface area contributed by atoms with Crippen molar-refractivity contribution in [1.82, 2.24) is 42.1 Å². The molecule has 0 aromatic heterocycles. The summed E-state index contributed by atoms with van der Waals surface area (Å²) in [5, 5.41) is 67.1. The van der Waals surface area contributed by atoms with Crippen molar-refractivity contribution in [3.63, 3.8) is 0 Å². The van der Waals surface area contributed by atoms with Crippen LogP contribution in [0, 0.1) is 0 Å². The quantitative estimate of drug-likeness (QED) is 0.0314. The van der Waals surface area contributed by atoms with Gasteiger partial charge in [0.15, 0.2) is 6.29 Å². The highest BCUT2D eigenvalue weighted by Gasteiger charge is 2.44. The first-order valence-electron chi connectivity index (χ1n) is 23.3. The smallest absolute Gasteiger partial charge is 0.329 e. The van der Waals surface area contributed by atoms with Crippen molar-refractivity contribution in [2.75, 3.05) is 72.2 Å². The van der Waals surface area contributed by atoms with Crippen molar-refractivity contribution >= 4 is 47.9 Å². The first kappa shape index (κ1) is 60.5.